The molecule has 1 aliphatic carbocycles. The maximum Gasteiger partial charge on any atom is 0.128 e. The molecule has 1 aromatic carbocycles. The molecule has 1 unspecified atom stereocenters. The van der Waals surface area contributed by atoms with Crippen molar-refractivity contribution in [2.24, 2.45) is 5.41 Å². The highest BCUT2D eigenvalue weighted by atomic mass is 16.5. The highest BCUT2D eigenvalue weighted by Gasteiger charge is 2.41. The van der Waals surface area contributed by atoms with Crippen LogP contribution in [0, 0.1) is 5.41 Å². The third-order valence-corrected chi connectivity index (χ3v) is 4.12. The molecule has 3 nitrogen and oxygen atoms in total. The average molecular weight is 264 g/mol. The Morgan fingerprint density at radius 1 is 1.11 bits per heavy atom. The summed E-state index contributed by atoms with van der Waals surface area (Å²) in [5.41, 5.74) is 0.251. The second kappa shape index (κ2) is 5.04. The fourth-order valence-electron chi connectivity index (χ4n) is 3.24. The standard InChI is InChI=1S/C16H24O3/c1-15(2)8-5-9-16(17,11-15)13-7-6-12(18-3)10-14(13)19-4/h6-7,10,17H,5,8-9,11H2,1-4H3. The van der Waals surface area contributed by atoms with Gasteiger partial charge in [-0.3, -0.25) is 0 Å². The second-order valence-corrected chi connectivity index (χ2v) is 6.29. The van der Waals surface area contributed by atoms with E-state index in [0.29, 0.717) is 5.75 Å². The summed E-state index contributed by atoms with van der Waals surface area (Å²) < 4.78 is 10.6. The van der Waals surface area contributed by atoms with E-state index in [4.69, 9.17) is 9.47 Å². The van der Waals surface area contributed by atoms with Gasteiger partial charge in [-0.1, -0.05) is 13.8 Å². The molecule has 0 radical (unpaired) electrons. The molecule has 0 bridgehead atoms. The molecule has 0 saturated heterocycles. The summed E-state index contributed by atoms with van der Waals surface area (Å²) in [6, 6.07) is 5.66. The van der Waals surface area contributed by atoms with Crippen LogP contribution in [-0.4, -0.2) is 19.3 Å². The van der Waals surface area contributed by atoms with Crippen molar-refractivity contribution < 1.29 is 14.6 Å². The van der Waals surface area contributed by atoms with E-state index in [0.717, 1.165) is 37.0 Å². The smallest absolute Gasteiger partial charge is 0.128 e. The summed E-state index contributed by atoms with van der Waals surface area (Å²) in [7, 11) is 3.27. The molecule has 0 aliphatic heterocycles. The Hall–Kier alpha value is -1.22. The van der Waals surface area contributed by atoms with Crippen molar-refractivity contribution >= 4 is 0 Å². The van der Waals surface area contributed by atoms with Gasteiger partial charge < -0.3 is 14.6 Å². The number of methoxy groups -OCH3 is 2. The zero-order valence-corrected chi connectivity index (χ0v) is 12.3. The van der Waals surface area contributed by atoms with Gasteiger partial charge in [0.1, 0.15) is 11.5 Å². The van der Waals surface area contributed by atoms with Gasteiger partial charge in [0.2, 0.25) is 0 Å². The van der Waals surface area contributed by atoms with Gasteiger partial charge in [-0.25, -0.2) is 0 Å². The average Bonchev–Trinajstić information content (AvgIpc) is 2.36. The lowest BCUT2D eigenvalue weighted by Crippen LogP contribution is -2.36. The minimum atomic E-state index is -0.792. The minimum absolute atomic E-state index is 0.165. The molecule has 1 fully saturated rings. The van der Waals surface area contributed by atoms with Gasteiger partial charge in [-0.15, -0.1) is 0 Å². The van der Waals surface area contributed by atoms with E-state index in [9.17, 15) is 5.11 Å². The van der Waals surface area contributed by atoms with Crippen molar-refractivity contribution in [3.8, 4) is 11.5 Å². The lowest BCUT2D eigenvalue weighted by atomic mass is 9.67. The van der Waals surface area contributed by atoms with E-state index in [1.807, 2.05) is 18.2 Å². The highest BCUT2D eigenvalue weighted by Crippen LogP contribution is 2.48. The fraction of sp³-hybridized carbons (Fsp3) is 0.625. The van der Waals surface area contributed by atoms with Gasteiger partial charge in [0.15, 0.2) is 0 Å². The van der Waals surface area contributed by atoms with Gasteiger partial charge in [-0.05, 0) is 43.2 Å². The Labute approximate surface area is 115 Å². The number of benzene rings is 1. The molecule has 1 atom stereocenters. The molecule has 0 spiro atoms. The number of hydrogen-bond acceptors (Lipinski definition) is 3. The topological polar surface area (TPSA) is 38.7 Å². The van der Waals surface area contributed by atoms with E-state index in [-0.39, 0.29) is 5.41 Å². The number of rotatable bonds is 3. The van der Waals surface area contributed by atoms with Crippen LogP contribution in [0.5, 0.6) is 11.5 Å². The highest BCUT2D eigenvalue weighted by molar-refractivity contribution is 5.44. The maximum absolute atomic E-state index is 11.0. The number of ether oxygens (including phenoxy) is 2. The summed E-state index contributed by atoms with van der Waals surface area (Å²) in [5, 5.41) is 11.0. The van der Waals surface area contributed by atoms with Crippen LogP contribution >= 0.6 is 0 Å². The van der Waals surface area contributed by atoms with E-state index in [1.165, 1.54) is 0 Å². The zero-order chi connectivity index (χ0) is 14.1. The molecular weight excluding hydrogens is 240 g/mol. The Kier molecular flexibility index (Phi) is 3.77. The Bertz CT molecular complexity index is 453. The minimum Gasteiger partial charge on any atom is -0.497 e. The normalized spacial score (nSPS) is 25.9. The SMILES string of the molecule is COc1ccc(C2(O)CCCC(C)(C)C2)c(OC)c1. The summed E-state index contributed by atoms with van der Waals surface area (Å²) in [4.78, 5) is 0. The zero-order valence-electron chi connectivity index (χ0n) is 12.3. The van der Waals surface area contributed by atoms with Crippen LogP contribution in [0.2, 0.25) is 0 Å². The molecule has 1 aliphatic rings. The predicted molar refractivity (Wildman–Crippen MR) is 75.7 cm³/mol. The van der Waals surface area contributed by atoms with E-state index in [1.54, 1.807) is 14.2 Å². The second-order valence-electron chi connectivity index (χ2n) is 6.29. The van der Waals surface area contributed by atoms with Crippen molar-refractivity contribution in [3.05, 3.63) is 23.8 Å². The maximum atomic E-state index is 11.0. The number of aliphatic hydroxyl groups is 1. The molecule has 1 N–H and O–H groups in total. The Morgan fingerprint density at radius 3 is 2.42 bits per heavy atom. The summed E-state index contributed by atoms with van der Waals surface area (Å²) in [6.07, 6.45) is 3.76. The first-order valence-electron chi connectivity index (χ1n) is 6.85. The van der Waals surface area contributed by atoms with Crippen molar-refractivity contribution in [2.75, 3.05) is 14.2 Å². The largest absolute Gasteiger partial charge is 0.497 e. The third kappa shape index (κ3) is 2.86. The number of hydrogen-bond donors (Lipinski definition) is 1. The first kappa shape index (κ1) is 14.2. The van der Waals surface area contributed by atoms with Crippen molar-refractivity contribution in [1.82, 2.24) is 0 Å². The van der Waals surface area contributed by atoms with Crippen LogP contribution in [0.15, 0.2) is 18.2 Å². The van der Waals surface area contributed by atoms with E-state index < -0.39 is 5.60 Å². The van der Waals surface area contributed by atoms with Crippen LogP contribution in [0.4, 0.5) is 0 Å². The molecule has 1 aromatic rings. The van der Waals surface area contributed by atoms with E-state index in [2.05, 4.69) is 13.8 Å². The van der Waals surface area contributed by atoms with Gasteiger partial charge in [0, 0.05) is 11.6 Å². The van der Waals surface area contributed by atoms with Gasteiger partial charge >= 0.3 is 0 Å². The van der Waals surface area contributed by atoms with Crippen molar-refractivity contribution in [1.29, 1.82) is 0 Å². The molecule has 0 aromatic heterocycles. The molecule has 0 heterocycles. The molecule has 1 saturated carbocycles. The summed E-state index contributed by atoms with van der Waals surface area (Å²) in [6.45, 7) is 4.43. The van der Waals surface area contributed by atoms with Crippen LogP contribution in [-0.2, 0) is 5.60 Å². The van der Waals surface area contributed by atoms with Crippen LogP contribution in [0.3, 0.4) is 0 Å². The lowest BCUT2D eigenvalue weighted by molar-refractivity contribution is -0.0454. The Morgan fingerprint density at radius 2 is 1.84 bits per heavy atom. The summed E-state index contributed by atoms with van der Waals surface area (Å²) >= 11 is 0. The van der Waals surface area contributed by atoms with Crippen molar-refractivity contribution in [3.63, 3.8) is 0 Å². The summed E-state index contributed by atoms with van der Waals surface area (Å²) in [5.74, 6) is 1.46. The van der Waals surface area contributed by atoms with Gasteiger partial charge in [0.05, 0.1) is 19.8 Å². The first-order valence-corrected chi connectivity index (χ1v) is 6.85. The quantitative estimate of drug-likeness (QED) is 0.908. The molecule has 19 heavy (non-hydrogen) atoms. The molecule has 0 amide bonds. The predicted octanol–water partition coefficient (Wildman–Crippen LogP) is 3.49. The molecule has 3 heteroatoms. The van der Waals surface area contributed by atoms with Gasteiger partial charge in [-0.2, -0.15) is 0 Å². The van der Waals surface area contributed by atoms with Gasteiger partial charge in [0.25, 0.3) is 0 Å². The first-order chi connectivity index (χ1) is 8.90. The van der Waals surface area contributed by atoms with E-state index >= 15 is 0 Å². The monoisotopic (exact) mass is 264 g/mol. The van der Waals surface area contributed by atoms with Crippen LogP contribution < -0.4 is 9.47 Å². The molecule has 106 valence electrons. The lowest BCUT2D eigenvalue weighted by Gasteiger charge is -2.42. The van der Waals surface area contributed by atoms with Crippen LogP contribution in [0.25, 0.3) is 0 Å². The Balaban J connectivity index is 2.39. The molecule has 2 rings (SSSR count). The van der Waals surface area contributed by atoms with Crippen molar-refractivity contribution in [2.45, 2.75) is 45.1 Å². The fourth-order valence-corrected chi connectivity index (χ4v) is 3.24. The van der Waals surface area contributed by atoms with Crippen LogP contribution in [0.1, 0.15) is 45.1 Å². The molecular formula is C16H24O3. The third-order valence-electron chi connectivity index (χ3n) is 4.12.